The molecule has 1 N–H and O–H groups in total. The summed E-state index contributed by atoms with van der Waals surface area (Å²) in [5.74, 6) is 1.46. The number of rotatable bonds is 3. The number of halogens is 1. The van der Waals surface area contributed by atoms with Gasteiger partial charge >= 0.3 is 0 Å². The number of aliphatic hydroxyl groups is 1. The smallest absolute Gasteiger partial charge is 0.170 e. The highest BCUT2D eigenvalue weighted by molar-refractivity contribution is 6.29. The SMILES string of the molecule is CCc1ccc(-c2ccc(Cl)nc2)cc1C1=C(O)[C@H]2[C@H]3CC[C@H](CC3)[C@H]2C1=O. The van der Waals surface area contributed by atoms with Gasteiger partial charge in [0.05, 0.1) is 5.57 Å². The summed E-state index contributed by atoms with van der Waals surface area (Å²) >= 11 is 5.93. The summed E-state index contributed by atoms with van der Waals surface area (Å²) in [6, 6.07) is 9.88. The van der Waals surface area contributed by atoms with E-state index in [0.717, 1.165) is 54.4 Å². The average molecular weight is 394 g/mol. The van der Waals surface area contributed by atoms with E-state index >= 15 is 0 Å². The number of benzene rings is 1. The van der Waals surface area contributed by atoms with E-state index in [1.807, 2.05) is 12.1 Å². The highest BCUT2D eigenvalue weighted by atomic mass is 35.5. The van der Waals surface area contributed by atoms with Crippen molar-refractivity contribution in [2.75, 3.05) is 0 Å². The van der Waals surface area contributed by atoms with Crippen LogP contribution in [0.3, 0.4) is 0 Å². The summed E-state index contributed by atoms with van der Waals surface area (Å²) < 4.78 is 0. The van der Waals surface area contributed by atoms with Crippen molar-refractivity contribution < 1.29 is 9.90 Å². The Morgan fingerprint density at radius 2 is 1.71 bits per heavy atom. The predicted octanol–water partition coefficient (Wildman–Crippen LogP) is 5.87. The fourth-order valence-corrected chi connectivity index (χ4v) is 5.91. The topological polar surface area (TPSA) is 50.2 Å². The molecule has 2 atom stereocenters. The van der Waals surface area contributed by atoms with Crippen molar-refractivity contribution in [1.82, 2.24) is 4.98 Å². The van der Waals surface area contributed by atoms with Crippen molar-refractivity contribution in [2.45, 2.75) is 39.0 Å². The van der Waals surface area contributed by atoms with Crippen LogP contribution < -0.4 is 0 Å². The van der Waals surface area contributed by atoms with Gasteiger partial charge in [-0.05, 0) is 78.8 Å². The van der Waals surface area contributed by atoms with Gasteiger partial charge < -0.3 is 5.11 Å². The zero-order valence-corrected chi connectivity index (χ0v) is 16.7. The Bertz CT molecular complexity index is 971. The van der Waals surface area contributed by atoms with Crippen LogP contribution in [0.1, 0.15) is 43.7 Å². The molecule has 3 fully saturated rings. The van der Waals surface area contributed by atoms with E-state index in [1.165, 1.54) is 0 Å². The normalized spacial score (nSPS) is 28.7. The molecule has 0 spiro atoms. The molecule has 144 valence electrons. The van der Waals surface area contributed by atoms with Crippen molar-refractivity contribution in [3.8, 4) is 11.1 Å². The molecular formula is C24H24ClNO2. The number of hydrogen-bond donors (Lipinski definition) is 1. The lowest BCUT2D eigenvalue weighted by atomic mass is 9.59. The maximum Gasteiger partial charge on any atom is 0.170 e. The van der Waals surface area contributed by atoms with E-state index in [2.05, 4.69) is 24.0 Å². The van der Waals surface area contributed by atoms with Crippen LogP contribution in [0.5, 0.6) is 0 Å². The Morgan fingerprint density at radius 3 is 2.32 bits per heavy atom. The van der Waals surface area contributed by atoms with E-state index in [-0.39, 0.29) is 17.6 Å². The number of Topliss-reactive ketones (excluding diaryl/α,β-unsaturated/α-hetero) is 1. The molecule has 3 nitrogen and oxygen atoms in total. The first-order valence-electron chi connectivity index (χ1n) is 10.3. The maximum absolute atomic E-state index is 13.5. The van der Waals surface area contributed by atoms with Gasteiger partial charge in [-0.15, -0.1) is 0 Å². The number of hydrogen-bond acceptors (Lipinski definition) is 3. The molecule has 2 bridgehead atoms. The van der Waals surface area contributed by atoms with E-state index in [9.17, 15) is 9.90 Å². The van der Waals surface area contributed by atoms with Crippen LogP contribution in [-0.2, 0) is 11.2 Å². The Kier molecular flexibility index (Phi) is 4.31. The van der Waals surface area contributed by atoms with Crippen LogP contribution in [0.4, 0.5) is 0 Å². The van der Waals surface area contributed by atoms with E-state index < -0.39 is 0 Å². The fourth-order valence-electron chi connectivity index (χ4n) is 5.79. The van der Waals surface area contributed by atoms with Crippen LogP contribution in [0, 0.1) is 23.7 Å². The minimum atomic E-state index is -0.00643. The summed E-state index contributed by atoms with van der Waals surface area (Å²) in [7, 11) is 0. The Labute approximate surface area is 170 Å². The number of aliphatic hydroxyl groups excluding tert-OH is 1. The van der Waals surface area contributed by atoms with Crippen LogP contribution in [0.15, 0.2) is 42.3 Å². The quantitative estimate of drug-likeness (QED) is 0.663. The molecule has 1 heterocycles. The minimum Gasteiger partial charge on any atom is -0.511 e. The molecule has 28 heavy (non-hydrogen) atoms. The van der Waals surface area contributed by atoms with E-state index in [1.54, 1.807) is 12.3 Å². The Balaban J connectivity index is 1.63. The first-order chi connectivity index (χ1) is 13.6. The lowest BCUT2D eigenvalue weighted by Crippen LogP contribution is -2.41. The van der Waals surface area contributed by atoms with Crippen molar-refractivity contribution in [2.24, 2.45) is 23.7 Å². The van der Waals surface area contributed by atoms with Crippen LogP contribution in [0.25, 0.3) is 16.7 Å². The third kappa shape index (κ3) is 2.63. The summed E-state index contributed by atoms with van der Waals surface area (Å²) in [5, 5.41) is 11.6. The lowest BCUT2D eigenvalue weighted by molar-refractivity contribution is -0.123. The highest BCUT2D eigenvalue weighted by Gasteiger charge is 2.54. The Morgan fingerprint density at radius 1 is 1.04 bits per heavy atom. The number of pyridine rings is 1. The van der Waals surface area contributed by atoms with Gasteiger partial charge in [0.15, 0.2) is 5.78 Å². The molecule has 0 aliphatic heterocycles. The molecule has 0 unspecified atom stereocenters. The average Bonchev–Trinajstić information content (AvgIpc) is 3.01. The van der Waals surface area contributed by atoms with Gasteiger partial charge in [0.2, 0.25) is 0 Å². The number of fused-ring (bicyclic) bond motifs is 2. The number of allylic oxidation sites excluding steroid dienone is 2. The van der Waals surface area contributed by atoms with Crippen LogP contribution >= 0.6 is 11.6 Å². The van der Waals surface area contributed by atoms with Gasteiger partial charge in [-0.25, -0.2) is 4.98 Å². The number of carbonyl (C=O) groups is 1. The highest BCUT2D eigenvalue weighted by Crippen LogP contribution is 2.57. The van der Waals surface area contributed by atoms with Crippen molar-refractivity contribution >= 4 is 23.0 Å². The molecule has 0 amide bonds. The first-order valence-corrected chi connectivity index (χ1v) is 10.7. The van der Waals surface area contributed by atoms with Gasteiger partial charge in [-0.3, -0.25) is 4.79 Å². The number of aromatic nitrogens is 1. The van der Waals surface area contributed by atoms with Gasteiger partial charge in [0.1, 0.15) is 10.9 Å². The summed E-state index contributed by atoms with van der Waals surface area (Å²) in [6.45, 7) is 2.09. The maximum atomic E-state index is 13.5. The second-order valence-corrected chi connectivity index (χ2v) is 8.83. The largest absolute Gasteiger partial charge is 0.511 e. The molecule has 0 saturated heterocycles. The van der Waals surface area contributed by atoms with Gasteiger partial charge in [-0.2, -0.15) is 0 Å². The van der Waals surface area contributed by atoms with Crippen molar-refractivity contribution in [1.29, 1.82) is 0 Å². The molecule has 4 aliphatic carbocycles. The molecule has 0 radical (unpaired) electrons. The second kappa shape index (κ2) is 6.73. The second-order valence-electron chi connectivity index (χ2n) is 8.45. The van der Waals surface area contributed by atoms with Crippen LogP contribution in [0.2, 0.25) is 5.15 Å². The standard InChI is InChI=1S/C24H24ClNO2/c1-2-13-3-8-16(17-9-10-19(25)26-12-17)11-18(13)22-23(27)20-14-4-5-15(7-6-14)21(20)24(22)28/h3,8-12,14-15,20-21,27H,2,4-7H2,1H3/t14-,15+,20-,21+/m0/s1. The van der Waals surface area contributed by atoms with Gasteiger partial charge in [-0.1, -0.05) is 30.7 Å². The zero-order valence-electron chi connectivity index (χ0n) is 16.0. The molecule has 4 heteroatoms. The monoisotopic (exact) mass is 393 g/mol. The van der Waals surface area contributed by atoms with Crippen molar-refractivity contribution in [3.05, 3.63) is 58.6 Å². The number of carbonyl (C=O) groups excluding carboxylic acids is 1. The zero-order chi connectivity index (χ0) is 19.4. The molecular weight excluding hydrogens is 370 g/mol. The van der Waals surface area contributed by atoms with Gasteiger partial charge in [0.25, 0.3) is 0 Å². The summed E-state index contributed by atoms with van der Waals surface area (Å²) in [4.78, 5) is 17.6. The first kappa shape index (κ1) is 17.9. The molecule has 6 rings (SSSR count). The predicted molar refractivity (Wildman–Crippen MR) is 111 cm³/mol. The molecule has 1 aromatic heterocycles. The molecule has 1 aromatic carbocycles. The van der Waals surface area contributed by atoms with E-state index in [0.29, 0.717) is 28.3 Å². The molecule has 2 aromatic rings. The molecule has 3 saturated carbocycles. The summed E-state index contributed by atoms with van der Waals surface area (Å²) in [5.41, 5.74) is 4.52. The van der Waals surface area contributed by atoms with Crippen molar-refractivity contribution in [3.63, 3.8) is 0 Å². The summed E-state index contributed by atoms with van der Waals surface area (Å²) in [6.07, 6.45) is 7.13. The van der Waals surface area contributed by atoms with E-state index in [4.69, 9.17) is 11.6 Å². The fraction of sp³-hybridized carbons (Fsp3) is 0.417. The lowest BCUT2D eigenvalue weighted by Gasteiger charge is -2.44. The third-order valence-electron chi connectivity index (χ3n) is 7.16. The number of aryl methyl sites for hydroxylation is 1. The minimum absolute atomic E-state index is 0.00643. The van der Waals surface area contributed by atoms with Crippen LogP contribution in [-0.4, -0.2) is 15.9 Å². The number of ketones is 1. The molecule has 4 aliphatic rings. The number of nitrogens with zero attached hydrogens (tertiary/aromatic N) is 1. The van der Waals surface area contributed by atoms with Gasteiger partial charge in [0, 0.05) is 23.6 Å². The third-order valence-corrected chi connectivity index (χ3v) is 7.38. The Hall–Kier alpha value is -2.13.